The van der Waals surface area contributed by atoms with Crippen molar-refractivity contribution in [1.82, 2.24) is 19.7 Å². The van der Waals surface area contributed by atoms with Gasteiger partial charge in [-0.25, -0.2) is 4.98 Å². The number of pyridine rings is 1. The van der Waals surface area contributed by atoms with Crippen molar-refractivity contribution in [3.05, 3.63) is 53.3 Å². The lowest BCUT2D eigenvalue weighted by Gasteiger charge is -2.41. The molecular weight excluding hydrogens is 398 g/mol. The van der Waals surface area contributed by atoms with Gasteiger partial charge in [-0.1, -0.05) is 55.3 Å². The number of hydrogen-bond donors (Lipinski definition) is 1. The predicted octanol–water partition coefficient (Wildman–Crippen LogP) is 4.11. The van der Waals surface area contributed by atoms with Crippen LogP contribution in [-0.2, 0) is 13.6 Å². The zero-order chi connectivity index (χ0) is 21.5. The molecule has 3 aromatic rings. The summed E-state index contributed by atoms with van der Waals surface area (Å²) >= 11 is 6.27. The minimum absolute atomic E-state index is 0.344. The predicted molar refractivity (Wildman–Crippen MR) is 124 cm³/mol. The van der Waals surface area contributed by atoms with Crippen molar-refractivity contribution < 1.29 is 5.11 Å². The van der Waals surface area contributed by atoms with Gasteiger partial charge >= 0.3 is 0 Å². The second kappa shape index (κ2) is 10.8. The lowest BCUT2D eigenvalue weighted by molar-refractivity contribution is 0.221. The van der Waals surface area contributed by atoms with Crippen LogP contribution in [0.4, 0.5) is 5.69 Å². The quantitative estimate of drug-likeness (QED) is 0.618. The SMILES string of the molecule is CCCCO.C[C@H]1CN(Cc2ccccc2)CCN1c1cc(Cl)nc2c1cnn2C. The highest BCUT2D eigenvalue weighted by atomic mass is 35.5. The van der Waals surface area contributed by atoms with Crippen LogP contribution in [0.2, 0.25) is 5.15 Å². The molecule has 6 nitrogen and oxygen atoms in total. The van der Waals surface area contributed by atoms with E-state index in [0.29, 0.717) is 17.8 Å². The van der Waals surface area contributed by atoms with Crippen molar-refractivity contribution >= 4 is 28.3 Å². The van der Waals surface area contributed by atoms with E-state index >= 15 is 0 Å². The first kappa shape index (κ1) is 22.5. The number of aliphatic hydroxyl groups is 1. The number of aliphatic hydroxyl groups excluding tert-OH is 1. The van der Waals surface area contributed by atoms with E-state index in [1.165, 1.54) is 5.56 Å². The molecule has 0 spiro atoms. The highest BCUT2D eigenvalue weighted by molar-refractivity contribution is 6.30. The third-order valence-corrected chi connectivity index (χ3v) is 5.63. The Hall–Kier alpha value is -2.15. The summed E-state index contributed by atoms with van der Waals surface area (Å²) in [6.07, 6.45) is 3.92. The van der Waals surface area contributed by atoms with Gasteiger partial charge in [0.05, 0.1) is 17.3 Å². The van der Waals surface area contributed by atoms with E-state index in [0.717, 1.165) is 55.7 Å². The molecule has 0 unspecified atom stereocenters. The standard InChI is InChI=1S/C19H22ClN5.C4H10O/c1-14-12-24(13-15-6-4-3-5-7-15)8-9-25(14)17-10-18(20)22-19-16(17)11-21-23(19)2;1-2-3-4-5/h3-7,10-11,14H,8-9,12-13H2,1-2H3;5H,2-4H2,1H3/t14-;/m0./s1. The van der Waals surface area contributed by atoms with Gasteiger partial charge in [-0.3, -0.25) is 9.58 Å². The summed E-state index contributed by atoms with van der Waals surface area (Å²) < 4.78 is 1.78. The van der Waals surface area contributed by atoms with Crippen LogP contribution < -0.4 is 4.90 Å². The monoisotopic (exact) mass is 429 g/mol. The molecule has 162 valence electrons. The summed E-state index contributed by atoms with van der Waals surface area (Å²) in [4.78, 5) is 9.36. The van der Waals surface area contributed by atoms with E-state index in [-0.39, 0.29) is 0 Å². The van der Waals surface area contributed by atoms with Crippen molar-refractivity contribution in [3.63, 3.8) is 0 Å². The lowest BCUT2D eigenvalue weighted by Crippen LogP contribution is -2.51. The molecule has 1 aromatic carbocycles. The molecule has 1 N–H and O–H groups in total. The van der Waals surface area contributed by atoms with Gasteiger partial charge in [-0.15, -0.1) is 0 Å². The average Bonchev–Trinajstić information content (AvgIpc) is 3.10. The molecule has 1 aliphatic heterocycles. The van der Waals surface area contributed by atoms with Crippen molar-refractivity contribution in [2.75, 3.05) is 31.1 Å². The Kier molecular flexibility index (Phi) is 8.08. The van der Waals surface area contributed by atoms with E-state index in [4.69, 9.17) is 16.7 Å². The molecule has 0 saturated carbocycles. The van der Waals surface area contributed by atoms with Crippen LogP contribution in [0.25, 0.3) is 11.0 Å². The number of anilines is 1. The van der Waals surface area contributed by atoms with Gasteiger partial charge in [-0.05, 0) is 25.0 Å². The summed E-state index contributed by atoms with van der Waals surface area (Å²) in [5.41, 5.74) is 3.33. The number of benzene rings is 1. The van der Waals surface area contributed by atoms with Crippen molar-refractivity contribution in [1.29, 1.82) is 0 Å². The normalized spacial score (nSPS) is 17.1. The molecule has 1 saturated heterocycles. The molecule has 7 heteroatoms. The van der Waals surface area contributed by atoms with E-state index in [2.05, 4.69) is 64.1 Å². The first-order valence-corrected chi connectivity index (χ1v) is 11.0. The Balaban J connectivity index is 0.000000461. The third-order valence-electron chi connectivity index (χ3n) is 5.43. The fourth-order valence-corrected chi connectivity index (χ4v) is 4.02. The number of unbranched alkanes of at least 4 members (excludes halogenated alkanes) is 1. The van der Waals surface area contributed by atoms with Crippen molar-refractivity contribution in [3.8, 4) is 0 Å². The largest absolute Gasteiger partial charge is 0.396 e. The van der Waals surface area contributed by atoms with Crippen LogP contribution in [0.5, 0.6) is 0 Å². The molecular formula is C23H32ClN5O. The number of hydrogen-bond acceptors (Lipinski definition) is 5. The van der Waals surface area contributed by atoms with Crippen molar-refractivity contribution in [2.24, 2.45) is 7.05 Å². The minimum atomic E-state index is 0.344. The third kappa shape index (κ3) is 5.50. The van der Waals surface area contributed by atoms with Crippen LogP contribution in [-0.4, -0.2) is 57.1 Å². The molecule has 0 amide bonds. The van der Waals surface area contributed by atoms with Gasteiger partial charge in [0.1, 0.15) is 5.15 Å². The van der Waals surface area contributed by atoms with Gasteiger partial charge in [-0.2, -0.15) is 5.10 Å². The number of nitrogens with zero attached hydrogens (tertiary/aromatic N) is 5. The molecule has 1 atom stereocenters. The maximum absolute atomic E-state index is 8.07. The average molecular weight is 430 g/mol. The van der Waals surface area contributed by atoms with E-state index in [1.54, 1.807) is 4.68 Å². The van der Waals surface area contributed by atoms with E-state index in [9.17, 15) is 0 Å². The highest BCUT2D eigenvalue weighted by Crippen LogP contribution is 2.31. The highest BCUT2D eigenvalue weighted by Gasteiger charge is 2.26. The van der Waals surface area contributed by atoms with Crippen LogP contribution in [0.15, 0.2) is 42.6 Å². The van der Waals surface area contributed by atoms with Crippen molar-refractivity contribution in [2.45, 2.75) is 39.3 Å². The Morgan fingerprint density at radius 1 is 1.20 bits per heavy atom. The number of rotatable bonds is 5. The van der Waals surface area contributed by atoms with Gasteiger partial charge in [0.25, 0.3) is 0 Å². The number of aromatic nitrogens is 3. The minimum Gasteiger partial charge on any atom is -0.396 e. The zero-order valence-corrected chi connectivity index (χ0v) is 18.9. The van der Waals surface area contributed by atoms with Crippen LogP contribution in [0.1, 0.15) is 32.3 Å². The van der Waals surface area contributed by atoms with Crippen LogP contribution >= 0.6 is 11.6 Å². The maximum Gasteiger partial charge on any atom is 0.161 e. The molecule has 0 radical (unpaired) electrons. The molecule has 3 heterocycles. The second-order valence-corrected chi connectivity index (χ2v) is 8.20. The summed E-state index contributed by atoms with van der Waals surface area (Å²) in [5, 5.41) is 14.0. The molecule has 0 bridgehead atoms. The summed E-state index contributed by atoms with van der Waals surface area (Å²) in [7, 11) is 1.90. The summed E-state index contributed by atoms with van der Waals surface area (Å²) in [5.74, 6) is 0. The molecule has 30 heavy (non-hydrogen) atoms. The van der Waals surface area contributed by atoms with E-state index < -0.39 is 0 Å². The fraction of sp³-hybridized carbons (Fsp3) is 0.478. The van der Waals surface area contributed by atoms with Gasteiger partial charge < -0.3 is 10.0 Å². The topological polar surface area (TPSA) is 57.4 Å². The maximum atomic E-state index is 8.07. The summed E-state index contributed by atoms with van der Waals surface area (Å²) in [6, 6.07) is 13.0. The zero-order valence-electron chi connectivity index (χ0n) is 18.1. The number of piperazine rings is 1. The lowest BCUT2D eigenvalue weighted by atomic mass is 10.1. The Morgan fingerprint density at radius 2 is 1.97 bits per heavy atom. The summed E-state index contributed by atoms with van der Waals surface area (Å²) in [6.45, 7) is 8.69. The van der Waals surface area contributed by atoms with E-state index in [1.807, 2.05) is 19.3 Å². The number of fused-ring (bicyclic) bond motifs is 1. The first-order valence-electron chi connectivity index (χ1n) is 10.7. The van der Waals surface area contributed by atoms with Gasteiger partial charge in [0, 0.05) is 45.9 Å². The second-order valence-electron chi connectivity index (χ2n) is 7.81. The molecule has 4 rings (SSSR count). The Bertz CT molecular complexity index is 928. The number of halogens is 1. The molecule has 2 aromatic heterocycles. The van der Waals surface area contributed by atoms with Crippen LogP contribution in [0.3, 0.4) is 0 Å². The fourth-order valence-electron chi connectivity index (χ4n) is 3.84. The molecule has 0 aliphatic carbocycles. The first-order chi connectivity index (χ1) is 14.5. The Labute approximate surface area is 184 Å². The van der Waals surface area contributed by atoms with Gasteiger partial charge in [0.15, 0.2) is 5.65 Å². The Morgan fingerprint density at radius 3 is 2.60 bits per heavy atom. The molecule has 1 fully saturated rings. The van der Waals surface area contributed by atoms with Gasteiger partial charge in [0.2, 0.25) is 0 Å². The molecule has 1 aliphatic rings. The number of aryl methyl sites for hydroxylation is 1. The smallest absolute Gasteiger partial charge is 0.161 e. The van der Waals surface area contributed by atoms with Crippen LogP contribution in [0, 0.1) is 0 Å².